The van der Waals surface area contributed by atoms with E-state index in [9.17, 15) is 9.59 Å². The van der Waals surface area contributed by atoms with Crippen LogP contribution in [0.2, 0.25) is 0 Å². The molecule has 0 aliphatic carbocycles. The predicted octanol–water partition coefficient (Wildman–Crippen LogP) is 7.27. The maximum absolute atomic E-state index is 12.5. The van der Waals surface area contributed by atoms with E-state index in [1.807, 2.05) is 57.2 Å². The van der Waals surface area contributed by atoms with Gasteiger partial charge in [0.15, 0.2) is 0 Å². The first kappa shape index (κ1) is 28.9. The van der Waals surface area contributed by atoms with Gasteiger partial charge in [0.05, 0.1) is 11.4 Å². The highest BCUT2D eigenvalue weighted by molar-refractivity contribution is 6.67. The van der Waals surface area contributed by atoms with Crippen molar-refractivity contribution in [3.63, 3.8) is 0 Å². The van der Waals surface area contributed by atoms with E-state index in [0.717, 1.165) is 22.0 Å². The first-order chi connectivity index (χ1) is 17.0. The van der Waals surface area contributed by atoms with Crippen LogP contribution in [0.3, 0.4) is 0 Å². The number of nitrogens with one attached hydrogen (secondary N) is 2. The van der Waals surface area contributed by atoms with Crippen LogP contribution in [0.15, 0.2) is 42.5 Å². The molecule has 0 bridgehead atoms. The first-order valence-corrected chi connectivity index (χ1v) is 12.8. The summed E-state index contributed by atoms with van der Waals surface area (Å²) < 4.78 is 10.3. The number of halogens is 3. The van der Waals surface area contributed by atoms with Crippen LogP contribution in [0.25, 0.3) is 16.5 Å². The molecule has 37 heavy (non-hydrogen) atoms. The van der Waals surface area contributed by atoms with Crippen molar-refractivity contribution in [2.75, 3.05) is 11.9 Å². The summed E-state index contributed by atoms with van der Waals surface area (Å²) in [6, 6.07) is 13.4. The van der Waals surface area contributed by atoms with Crippen LogP contribution >= 0.6 is 34.8 Å². The third-order valence-corrected chi connectivity index (χ3v) is 5.40. The highest BCUT2D eigenvalue weighted by Gasteiger charge is 2.25. The monoisotopic (exact) mass is 568 g/mol. The number of aromatic nitrogens is 2. The minimum atomic E-state index is -1.73. The molecule has 0 spiro atoms. The van der Waals surface area contributed by atoms with Crippen molar-refractivity contribution in [3.05, 3.63) is 53.7 Å². The summed E-state index contributed by atoms with van der Waals surface area (Å²) in [5.41, 5.74) is 1.34. The number of nitrogens with zero attached hydrogens (tertiary/aromatic N) is 2. The minimum Gasteiger partial charge on any atom is -0.445 e. The zero-order valence-electron chi connectivity index (χ0n) is 21.6. The lowest BCUT2D eigenvalue weighted by atomic mass is 9.92. The fourth-order valence-electron chi connectivity index (χ4n) is 3.44. The summed E-state index contributed by atoms with van der Waals surface area (Å²) in [5.74, 6) is 0.376. The SMILES string of the molecule is CC(C)(C)OC(=O)NCc1cc(-n2nc(C(C)(C)C)cc2NC(=O)OCC(Cl)(Cl)Cl)cc2ccccc12. The number of ether oxygens (including phenoxy) is 2. The molecule has 3 rings (SSSR count). The van der Waals surface area contributed by atoms with Crippen molar-refractivity contribution in [2.24, 2.45) is 0 Å². The number of amides is 2. The molecule has 1 heterocycles. The van der Waals surface area contributed by atoms with E-state index in [2.05, 4.69) is 10.6 Å². The number of alkyl carbamates (subject to hydrolysis) is 1. The number of carbonyl (C=O) groups excluding carboxylic acids is 2. The molecule has 0 unspecified atom stereocenters. The number of benzene rings is 2. The summed E-state index contributed by atoms with van der Waals surface area (Å²) in [7, 11) is 0. The Morgan fingerprint density at radius 3 is 2.27 bits per heavy atom. The lowest BCUT2D eigenvalue weighted by molar-refractivity contribution is 0.0523. The van der Waals surface area contributed by atoms with Crippen molar-refractivity contribution < 1.29 is 19.1 Å². The molecule has 2 aromatic carbocycles. The molecule has 0 saturated heterocycles. The largest absolute Gasteiger partial charge is 0.445 e. The van der Waals surface area contributed by atoms with Gasteiger partial charge in [-0.3, -0.25) is 5.32 Å². The van der Waals surface area contributed by atoms with Gasteiger partial charge in [-0.2, -0.15) is 5.10 Å². The Kier molecular flexibility index (Phi) is 8.57. The second-order valence-corrected chi connectivity index (χ2v) is 13.1. The van der Waals surface area contributed by atoms with Crippen molar-refractivity contribution >= 4 is 63.6 Å². The van der Waals surface area contributed by atoms with E-state index in [4.69, 9.17) is 49.4 Å². The van der Waals surface area contributed by atoms with Crippen LogP contribution in [0.1, 0.15) is 52.8 Å². The number of fused-ring (bicyclic) bond motifs is 1. The third-order valence-electron chi connectivity index (χ3n) is 5.07. The van der Waals surface area contributed by atoms with E-state index < -0.39 is 28.2 Å². The number of rotatable bonds is 5. The zero-order chi connectivity index (χ0) is 27.6. The fourth-order valence-corrected chi connectivity index (χ4v) is 3.61. The Hall–Kier alpha value is -2.68. The Balaban J connectivity index is 2.01. The predicted molar refractivity (Wildman–Crippen MR) is 148 cm³/mol. The quantitative estimate of drug-likeness (QED) is 0.315. The molecule has 11 heteroatoms. The molecule has 0 radical (unpaired) electrons. The fraction of sp³-hybridized carbons (Fsp3) is 0.423. The average molecular weight is 570 g/mol. The van der Waals surface area contributed by atoms with Gasteiger partial charge in [0.25, 0.3) is 0 Å². The van der Waals surface area contributed by atoms with E-state index in [-0.39, 0.29) is 12.0 Å². The van der Waals surface area contributed by atoms with Gasteiger partial charge in [0.1, 0.15) is 18.0 Å². The van der Waals surface area contributed by atoms with E-state index in [1.54, 1.807) is 31.5 Å². The molecule has 0 fully saturated rings. The maximum Gasteiger partial charge on any atom is 0.412 e. The van der Waals surface area contributed by atoms with Crippen molar-refractivity contribution in [1.29, 1.82) is 0 Å². The molecule has 0 atom stereocenters. The van der Waals surface area contributed by atoms with Crippen molar-refractivity contribution in [3.8, 4) is 5.69 Å². The molecule has 0 aliphatic rings. The van der Waals surface area contributed by atoms with Crippen molar-refractivity contribution in [2.45, 2.75) is 62.9 Å². The van der Waals surface area contributed by atoms with Gasteiger partial charge in [0, 0.05) is 18.0 Å². The van der Waals surface area contributed by atoms with Gasteiger partial charge in [0.2, 0.25) is 3.79 Å². The Morgan fingerprint density at radius 2 is 1.65 bits per heavy atom. The molecule has 0 aliphatic heterocycles. The second kappa shape index (κ2) is 11.0. The molecule has 0 saturated carbocycles. The molecule has 2 amide bonds. The summed E-state index contributed by atoms with van der Waals surface area (Å²) in [5, 5.41) is 12.2. The maximum atomic E-state index is 12.5. The van der Waals surface area contributed by atoms with Gasteiger partial charge in [-0.25, -0.2) is 14.3 Å². The van der Waals surface area contributed by atoms with Crippen molar-refractivity contribution in [1.82, 2.24) is 15.1 Å². The average Bonchev–Trinajstić information content (AvgIpc) is 3.18. The number of hydrogen-bond donors (Lipinski definition) is 2. The molecule has 200 valence electrons. The lowest BCUT2D eigenvalue weighted by Crippen LogP contribution is -2.32. The smallest absolute Gasteiger partial charge is 0.412 e. The van der Waals surface area contributed by atoms with Gasteiger partial charge in [-0.15, -0.1) is 0 Å². The summed E-state index contributed by atoms with van der Waals surface area (Å²) in [4.78, 5) is 24.8. The lowest BCUT2D eigenvalue weighted by Gasteiger charge is -2.20. The highest BCUT2D eigenvalue weighted by atomic mass is 35.6. The Labute approximate surface area is 231 Å². The number of carbonyl (C=O) groups is 2. The van der Waals surface area contributed by atoms with Crippen LogP contribution in [-0.2, 0) is 21.4 Å². The van der Waals surface area contributed by atoms with Crippen LogP contribution in [0.5, 0.6) is 0 Å². The van der Waals surface area contributed by atoms with Crippen LogP contribution < -0.4 is 10.6 Å². The molecule has 3 aromatic rings. The van der Waals surface area contributed by atoms with Gasteiger partial charge >= 0.3 is 12.2 Å². The normalized spacial score (nSPS) is 12.4. The van der Waals surface area contributed by atoms with Gasteiger partial charge in [-0.05, 0) is 49.2 Å². The van der Waals surface area contributed by atoms with E-state index in [0.29, 0.717) is 11.5 Å². The van der Waals surface area contributed by atoms with Crippen LogP contribution in [0.4, 0.5) is 15.4 Å². The summed E-state index contributed by atoms with van der Waals surface area (Å²) in [6.07, 6.45) is -1.31. The topological polar surface area (TPSA) is 94.5 Å². The highest BCUT2D eigenvalue weighted by Crippen LogP contribution is 2.30. The summed E-state index contributed by atoms with van der Waals surface area (Å²) >= 11 is 17.1. The Bertz CT molecular complexity index is 1290. The Morgan fingerprint density at radius 1 is 0.973 bits per heavy atom. The van der Waals surface area contributed by atoms with Gasteiger partial charge < -0.3 is 14.8 Å². The molecular formula is C26H31Cl3N4O4. The van der Waals surface area contributed by atoms with E-state index in [1.165, 1.54) is 0 Å². The number of hydrogen-bond acceptors (Lipinski definition) is 5. The molecule has 8 nitrogen and oxygen atoms in total. The molecule has 1 aromatic heterocycles. The first-order valence-electron chi connectivity index (χ1n) is 11.6. The van der Waals surface area contributed by atoms with Crippen LogP contribution in [-0.4, -0.2) is 38.0 Å². The summed E-state index contributed by atoms with van der Waals surface area (Å²) in [6.45, 7) is 11.3. The second-order valence-electron chi connectivity index (χ2n) is 10.6. The van der Waals surface area contributed by atoms with E-state index >= 15 is 0 Å². The van der Waals surface area contributed by atoms with Gasteiger partial charge in [-0.1, -0.05) is 79.8 Å². The number of alkyl halides is 3. The minimum absolute atomic E-state index is 0.227. The van der Waals surface area contributed by atoms with Crippen LogP contribution in [0, 0.1) is 0 Å². The molecular weight excluding hydrogens is 539 g/mol. The molecule has 2 N–H and O–H groups in total. The third kappa shape index (κ3) is 8.42. The zero-order valence-corrected chi connectivity index (χ0v) is 23.9. The standard InChI is InChI=1S/C26H31Cl3N4O4/c1-24(2,3)20-13-21(31-23(35)36-15-26(27,28)29)33(32-20)18-11-16-9-7-8-10-19(16)17(12-18)14-30-22(34)37-25(4,5)6/h7-13H,14-15H2,1-6H3,(H,30,34)(H,31,35). The number of anilines is 1.